The Morgan fingerprint density at radius 1 is 1.28 bits per heavy atom. The van der Waals surface area contributed by atoms with Crippen LogP contribution < -0.4 is 0 Å². The Morgan fingerprint density at radius 2 is 2.08 bits per heavy atom. The van der Waals surface area contributed by atoms with Crippen LogP contribution in [0.5, 0.6) is 0 Å². The van der Waals surface area contributed by atoms with Gasteiger partial charge in [-0.3, -0.25) is 4.98 Å². The topological polar surface area (TPSA) is 71.8 Å². The molecule has 1 N–H and O–H groups in total. The molecule has 1 aliphatic rings. The summed E-state index contributed by atoms with van der Waals surface area (Å²) in [6.45, 7) is 1.94. The molecule has 2 heterocycles. The third-order valence-electron chi connectivity index (χ3n) is 3.34. The van der Waals surface area contributed by atoms with Crippen LogP contribution in [0.2, 0.25) is 0 Å². The van der Waals surface area contributed by atoms with Crippen LogP contribution in [0, 0.1) is 0 Å². The number of carbonyl (C=O) groups is 1. The lowest BCUT2D eigenvalue weighted by Gasteiger charge is -2.03. The quantitative estimate of drug-likeness (QED) is 0.832. The van der Waals surface area contributed by atoms with Gasteiger partial charge in [0.15, 0.2) is 0 Å². The van der Waals surface area contributed by atoms with Gasteiger partial charge < -0.3 is 9.84 Å². The number of esters is 1. The molecule has 0 aliphatic carbocycles. The molecule has 0 fully saturated rings. The lowest BCUT2D eigenvalue weighted by atomic mass is 10.2. The first-order valence-corrected chi connectivity index (χ1v) is 8.55. The van der Waals surface area contributed by atoms with E-state index >= 15 is 0 Å². The minimum atomic E-state index is -0.586. The number of nitrogens with zero attached hydrogens (tertiary/aromatic N) is 2. The predicted octanol–water partition coefficient (Wildman–Crippen LogP) is 4.27. The number of aromatic nitrogens is 1. The molecule has 0 spiro atoms. The third-order valence-corrected chi connectivity index (χ3v) is 4.36. The Bertz CT molecular complexity index is 859. The molecule has 6 heteroatoms. The van der Waals surface area contributed by atoms with Gasteiger partial charge in [-0.15, -0.1) is 0 Å². The first kappa shape index (κ1) is 17.0. The van der Waals surface area contributed by atoms with Crippen LogP contribution in [0.3, 0.4) is 0 Å². The van der Waals surface area contributed by atoms with E-state index in [1.54, 1.807) is 31.5 Å². The second-order valence-electron chi connectivity index (χ2n) is 5.09. The van der Waals surface area contributed by atoms with Crippen molar-refractivity contribution in [2.24, 2.45) is 4.99 Å². The van der Waals surface area contributed by atoms with Crippen LogP contribution >= 0.6 is 11.8 Å². The predicted molar refractivity (Wildman–Crippen MR) is 99.6 cm³/mol. The van der Waals surface area contributed by atoms with E-state index in [0.717, 1.165) is 5.56 Å². The van der Waals surface area contributed by atoms with E-state index < -0.39 is 5.97 Å². The van der Waals surface area contributed by atoms with Crippen molar-refractivity contribution >= 4 is 34.5 Å². The summed E-state index contributed by atoms with van der Waals surface area (Å²) < 4.78 is 5.07. The van der Waals surface area contributed by atoms with E-state index in [9.17, 15) is 9.90 Å². The van der Waals surface area contributed by atoms with Crippen LogP contribution in [0.4, 0.5) is 5.69 Å². The van der Waals surface area contributed by atoms with Crippen LogP contribution in [0.1, 0.15) is 12.5 Å². The van der Waals surface area contributed by atoms with Gasteiger partial charge in [0.1, 0.15) is 16.4 Å². The average molecular weight is 352 g/mol. The number of para-hydroxylation sites is 1. The first-order valence-electron chi connectivity index (χ1n) is 7.73. The Kier molecular flexibility index (Phi) is 5.30. The van der Waals surface area contributed by atoms with Crippen molar-refractivity contribution in [3.05, 3.63) is 76.7 Å². The number of hydrogen-bond donors (Lipinski definition) is 1. The smallest absolute Gasteiger partial charge is 0.344 e. The van der Waals surface area contributed by atoms with E-state index in [1.165, 1.54) is 11.8 Å². The van der Waals surface area contributed by atoms with Crippen molar-refractivity contribution in [1.29, 1.82) is 0 Å². The zero-order valence-corrected chi connectivity index (χ0v) is 14.4. The highest BCUT2D eigenvalue weighted by atomic mass is 32.2. The Balaban J connectivity index is 2.03. The monoisotopic (exact) mass is 352 g/mol. The highest BCUT2D eigenvalue weighted by Crippen LogP contribution is 2.40. The first-order chi connectivity index (χ1) is 12.2. The molecule has 3 rings (SSSR count). The summed E-state index contributed by atoms with van der Waals surface area (Å²) in [5, 5.41) is 11.0. The van der Waals surface area contributed by atoms with Gasteiger partial charge in [-0.25, -0.2) is 9.79 Å². The zero-order valence-electron chi connectivity index (χ0n) is 13.5. The molecule has 2 aromatic rings. The Morgan fingerprint density at radius 3 is 2.76 bits per heavy atom. The highest BCUT2D eigenvalue weighted by molar-refractivity contribution is 8.18. The number of pyridine rings is 1. The van der Waals surface area contributed by atoms with Crippen molar-refractivity contribution in [3.8, 4) is 0 Å². The van der Waals surface area contributed by atoms with Crippen LogP contribution in [-0.4, -0.2) is 27.7 Å². The second kappa shape index (κ2) is 7.81. The molecule has 0 radical (unpaired) electrons. The third kappa shape index (κ3) is 3.97. The highest BCUT2D eigenvalue weighted by Gasteiger charge is 2.33. The number of thioether (sulfide) groups is 1. The van der Waals surface area contributed by atoms with Crippen LogP contribution in [-0.2, 0) is 9.53 Å². The summed E-state index contributed by atoms with van der Waals surface area (Å²) >= 11 is 1.23. The van der Waals surface area contributed by atoms with Gasteiger partial charge in [-0.2, -0.15) is 0 Å². The van der Waals surface area contributed by atoms with Crippen molar-refractivity contribution in [2.75, 3.05) is 6.61 Å². The fraction of sp³-hybridized carbons (Fsp3) is 0.105. The SMILES string of the molecule is CCOC(=O)C1=C(O)/C(=C/c2cccnc2)SC1=Nc1ccccc1. The van der Waals surface area contributed by atoms with E-state index in [2.05, 4.69) is 9.98 Å². The summed E-state index contributed by atoms with van der Waals surface area (Å²) in [5.41, 5.74) is 1.61. The Labute approximate surface area is 149 Å². The van der Waals surface area contributed by atoms with Gasteiger partial charge in [0.2, 0.25) is 0 Å². The van der Waals surface area contributed by atoms with Gasteiger partial charge in [-0.1, -0.05) is 36.0 Å². The van der Waals surface area contributed by atoms with Gasteiger partial charge in [0, 0.05) is 12.4 Å². The summed E-state index contributed by atoms with van der Waals surface area (Å²) in [5.74, 6) is -0.709. The molecule has 0 unspecified atom stereocenters. The van der Waals surface area contributed by atoms with Gasteiger partial charge in [0.25, 0.3) is 0 Å². The second-order valence-corrected chi connectivity index (χ2v) is 6.12. The summed E-state index contributed by atoms with van der Waals surface area (Å²) in [6.07, 6.45) is 5.11. The molecular weight excluding hydrogens is 336 g/mol. The fourth-order valence-corrected chi connectivity index (χ4v) is 3.26. The van der Waals surface area contributed by atoms with Crippen molar-refractivity contribution < 1.29 is 14.6 Å². The molecule has 126 valence electrons. The molecule has 0 amide bonds. The Hall–Kier alpha value is -2.86. The molecule has 0 saturated heterocycles. The average Bonchev–Trinajstić information content (AvgIpc) is 2.92. The molecule has 25 heavy (non-hydrogen) atoms. The summed E-state index contributed by atoms with van der Waals surface area (Å²) in [4.78, 5) is 21.4. The fourth-order valence-electron chi connectivity index (χ4n) is 2.22. The number of carbonyl (C=O) groups excluding carboxylic acids is 1. The lowest BCUT2D eigenvalue weighted by molar-refractivity contribution is -0.138. The normalized spacial score (nSPS) is 17.3. The van der Waals surface area contributed by atoms with Gasteiger partial charge in [0.05, 0.1) is 17.2 Å². The van der Waals surface area contributed by atoms with Gasteiger partial charge in [-0.05, 0) is 36.8 Å². The number of aliphatic hydroxyl groups excluding tert-OH is 1. The number of rotatable bonds is 4. The largest absolute Gasteiger partial charge is 0.506 e. The number of benzene rings is 1. The van der Waals surface area contributed by atoms with Crippen molar-refractivity contribution in [1.82, 2.24) is 4.98 Å². The minimum absolute atomic E-state index is 0.0887. The maximum atomic E-state index is 12.3. The van der Waals surface area contributed by atoms with E-state index in [0.29, 0.717) is 15.6 Å². The van der Waals surface area contributed by atoms with E-state index in [4.69, 9.17) is 4.74 Å². The van der Waals surface area contributed by atoms with Crippen molar-refractivity contribution in [2.45, 2.75) is 6.92 Å². The van der Waals surface area contributed by atoms with E-state index in [-0.39, 0.29) is 17.9 Å². The summed E-state index contributed by atoms with van der Waals surface area (Å²) in [6, 6.07) is 12.9. The lowest BCUT2D eigenvalue weighted by Crippen LogP contribution is -2.12. The molecule has 5 nitrogen and oxygen atoms in total. The zero-order chi connectivity index (χ0) is 17.6. The van der Waals surface area contributed by atoms with Crippen molar-refractivity contribution in [3.63, 3.8) is 0 Å². The summed E-state index contributed by atoms with van der Waals surface area (Å²) in [7, 11) is 0. The molecule has 0 saturated carbocycles. The molecule has 0 bridgehead atoms. The number of ether oxygens (including phenoxy) is 1. The molecule has 0 atom stereocenters. The number of aliphatic imine (C=N–C) groups is 1. The van der Waals surface area contributed by atoms with Crippen LogP contribution in [0.25, 0.3) is 6.08 Å². The number of hydrogen-bond acceptors (Lipinski definition) is 6. The van der Waals surface area contributed by atoms with Crippen LogP contribution in [0.15, 0.2) is 76.1 Å². The van der Waals surface area contributed by atoms with Gasteiger partial charge >= 0.3 is 5.97 Å². The van der Waals surface area contributed by atoms with E-state index in [1.807, 2.05) is 36.4 Å². The maximum absolute atomic E-state index is 12.3. The number of aliphatic hydroxyl groups is 1. The molecule has 1 aromatic heterocycles. The molecule has 1 aliphatic heterocycles. The molecule has 1 aromatic carbocycles. The minimum Gasteiger partial charge on any atom is -0.506 e. The maximum Gasteiger partial charge on any atom is 0.344 e. The molecular formula is C19H16N2O3S. The standard InChI is InChI=1S/C19H16N2O3S/c1-2-24-19(23)16-17(22)15(11-13-7-6-10-20-12-13)25-18(16)21-14-8-4-3-5-9-14/h3-12,22H,2H2,1H3/b15-11-,21-18?.